The molecule has 2 unspecified atom stereocenters. The van der Waals surface area contributed by atoms with E-state index in [0.29, 0.717) is 18.5 Å². The lowest BCUT2D eigenvalue weighted by Crippen LogP contribution is -2.39. The van der Waals surface area contributed by atoms with Crippen LogP contribution in [0.5, 0.6) is 5.75 Å². The standard InChI is InChI=1S/C18H26N2O2/c1-13(2)22-17-6-4-3-5-14(17)11-18(21)20-10-9-15-7-8-16(12-20)19-15/h3-6,13,15-16,19H,7-12H2,1-2H3. The van der Waals surface area contributed by atoms with E-state index in [0.717, 1.165) is 30.8 Å². The maximum Gasteiger partial charge on any atom is 0.227 e. The van der Waals surface area contributed by atoms with Crippen LogP contribution in [0.25, 0.3) is 0 Å². The van der Waals surface area contributed by atoms with Gasteiger partial charge in [0.25, 0.3) is 0 Å². The smallest absolute Gasteiger partial charge is 0.227 e. The molecule has 22 heavy (non-hydrogen) atoms. The number of ether oxygens (including phenoxy) is 1. The molecule has 1 N–H and O–H groups in total. The van der Waals surface area contributed by atoms with Crippen LogP contribution in [0.15, 0.2) is 24.3 Å². The number of fused-ring (bicyclic) bond motifs is 2. The maximum absolute atomic E-state index is 12.7. The Balaban J connectivity index is 1.66. The molecule has 4 heteroatoms. The van der Waals surface area contributed by atoms with Gasteiger partial charge in [0.2, 0.25) is 5.91 Å². The van der Waals surface area contributed by atoms with Gasteiger partial charge in [-0.05, 0) is 39.2 Å². The fourth-order valence-electron chi connectivity index (χ4n) is 3.46. The lowest BCUT2D eigenvalue weighted by Gasteiger charge is -2.25. The van der Waals surface area contributed by atoms with Crippen molar-refractivity contribution in [2.45, 2.75) is 57.7 Å². The zero-order valence-electron chi connectivity index (χ0n) is 13.5. The van der Waals surface area contributed by atoms with E-state index in [1.807, 2.05) is 43.0 Å². The molecular weight excluding hydrogens is 276 g/mol. The van der Waals surface area contributed by atoms with Crippen LogP contribution in [0, 0.1) is 0 Å². The van der Waals surface area contributed by atoms with Gasteiger partial charge in [-0.25, -0.2) is 0 Å². The number of benzene rings is 1. The second-order valence-electron chi connectivity index (χ2n) is 6.72. The summed E-state index contributed by atoms with van der Waals surface area (Å²) in [6.45, 7) is 5.74. The van der Waals surface area contributed by atoms with Gasteiger partial charge in [-0.1, -0.05) is 18.2 Å². The third kappa shape index (κ3) is 3.61. The highest BCUT2D eigenvalue weighted by Gasteiger charge is 2.31. The molecule has 2 aliphatic rings. The topological polar surface area (TPSA) is 41.6 Å². The molecule has 2 heterocycles. The molecule has 1 amide bonds. The average molecular weight is 302 g/mol. The zero-order chi connectivity index (χ0) is 15.5. The van der Waals surface area contributed by atoms with Crippen LogP contribution in [0.1, 0.15) is 38.7 Å². The van der Waals surface area contributed by atoms with E-state index in [1.165, 1.54) is 12.8 Å². The summed E-state index contributed by atoms with van der Waals surface area (Å²) in [5.41, 5.74) is 0.989. The minimum absolute atomic E-state index is 0.120. The summed E-state index contributed by atoms with van der Waals surface area (Å²) in [4.78, 5) is 14.7. The van der Waals surface area contributed by atoms with Crippen molar-refractivity contribution in [2.24, 2.45) is 0 Å². The molecule has 120 valence electrons. The summed E-state index contributed by atoms with van der Waals surface area (Å²) < 4.78 is 5.82. The number of carbonyl (C=O) groups is 1. The molecule has 0 spiro atoms. The van der Waals surface area contributed by atoms with E-state index < -0.39 is 0 Å². The summed E-state index contributed by atoms with van der Waals surface area (Å²) in [5, 5.41) is 3.62. The minimum Gasteiger partial charge on any atom is -0.491 e. The molecule has 0 radical (unpaired) electrons. The van der Waals surface area contributed by atoms with E-state index in [2.05, 4.69) is 5.32 Å². The Morgan fingerprint density at radius 2 is 2.05 bits per heavy atom. The Hall–Kier alpha value is -1.55. The number of nitrogens with one attached hydrogen (secondary N) is 1. The van der Waals surface area contributed by atoms with Crippen molar-refractivity contribution < 1.29 is 9.53 Å². The third-order valence-corrected chi connectivity index (χ3v) is 4.55. The average Bonchev–Trinajstić information content (AvgIpc) is 2.79. The van der Waals surface area contributed by atoms with Crippen molar-refractivity contribution in [1.29, 1.82) is 0 Å². The van der Waals surface area contributed by atoms with Gasteiger partial charge in [0.15, 0.2) is 0 Å². The van der Waals surface area contributed by atoms with Crippen LogP contribution in [0.4, 0.5) is 0 Å². The fourth-order valence-corrected chi connectivity index (χ4v) is 3.46. The van der Waals surface area contributed by atoms with Crippen molar-refractivity contribution >= 4 is 5.91 Å². The van der Waals surface area contributed by atoms with Crippen LogP contribution in [-0.2, 0) is 11.2 Å². The highest BCUT2D eigenvalue weighted by molar-refractivity contribution is 5.79. The number of likely N-dealkylation sites (tertiary alicyclic amines) is 1. The van der Waals surface area contributed by atoms with E-state index in [9.17, 15) is 4.79 Å². The summed E-state index contributed by atoms with van der Waals surface area (Å²) >= 11 is 0. The summed E-state index contributed by atoms with van der Waals surface area (Å²) in [6.07, 6.45) is 4.08. The Morgan fingerprint density at radius 3 is 2.86 bits per heavy atom. The molecule has 2 aliphatic heterocycles. The van der Waals surface area contributed by atoms with Crippen LogP contribution < -0.4 is 10.1 Å². The molecule has 1 aromatic carbocycles. The first-order valence-electron chi connectivity index (χ1n) is 8.40. The molecule has 2 saturated heterocycles. The summed E-state index contributed by atoms with van der Waals surface area (Å²) in [7, 11) is 0. The molecule has 0 aromatic heterocycles. The van der Waals surface area contributed by atoms with Gasteiger partial charge in [0.1, 0.15) is 5.75 Å². The van der Waals surface area contributed by atoms with Crippen LogP contribution in [0.3, 0.4) is 0 Å². The Kier molecular flexibility index (Phi) is 4.67. The largest absolute Gasteiger partial charge is 0.491 e. The zero-order valence-corrected chi connectivity index (χ0v) is 13.5. The number of hydrogen-bond acceptors (Lipinski definition) is 3. The van der Waals surface area contributed by atoms with Crippen LogP contribution >= 0.6 is 0 Å². The molecule has 0 aliphatic carbocycles. The monoisotopic (exact) mass is 302 g/mol. The normalized spacial score (nSPS) is 24.4. The number of nitrogens with zero attached hydrogens (tertiary/aromatic N) is 1. The Morgan fingerprint density at radius 1 is 1.27 bits per heavy atom. The SMILES string of the molecule is CC(C)Oc1ccccc1CC(=O)N1CCC2CCC(C1)N2. The van der Waals surface area contributed by atoms with E-state index in [1.54, 1.807) is 0 Å². The molecule has 1 aromatic rings. The van der Waals surface area contributed by atoms with Crippen molar-refractivity contribution in [1.82, 2.24) is 10.2 Å². The summed E-state index contributed by atoms with van der Waals surface area (Å²) in [5.74, 6) is 1.05. The molecule has 2 fully saturated rings. The van der Waals surface area contributed by atoms with Gasteiger partial charge in [-0.15, -0.1) is 0 Å². The Bertz CT molecular complexity index is 530. The quantitative estimate of drug-likeness (QED) is 0.928. The summed E-state index contributed by atoms with van der Waals surface area (Å²) in [6, 6.07) is 8.98. The number of amides is 1. The first kappa shape index (κ1) is 15.3. The van der Waals surface area contributed by atoms with Gasteiger partial charge in [-0.2, -0.15) is 0 Å². The van der Waals surface area contributed by atoms with E-state index in [4.69, 9.17) is 4.74 Å². The van der Waals surface area contributed by atoms with Gasteiger partial charge >= 0.3 is 0 Å². The Labute approximate surface area is 132 Å². The molecule has 4 nitrogen and oxygen atoms in total. The van der Waals surface area contributed by atoms with Gasteiger partial charge in [0.05, 0.1) is 12.5 Å². The first-order valence-corrected chi connectivity index (χ1v) is 8.40. The van der Waals surface area contributed by atoms with E-state index in [-0.39, 0.29) is 12.0 Å². The predicted molar refractivity (Wildman–Crippen MR) is 87.1 cm³/mol. The second-order valence-corrected chi connectivity index (χ2v) is 6.72. The second kappa shape index (κ2) is 6.69. The molecule has 0 saturated carbocycles. The third-order valence-electron chi connectivity index (χ3n) is 4.55. The van der Waals surface area contributed by atoms with E-state index >= 15 is 0 Å². The highest BCUT2D eigenvalue weighted by Crippen LogP contribution is 2.23. The van der Waals surface area contributed by atoms with Crippen molar-refractivity contribution in [3.63, 3.8) is 0 Å². The lowest BCUT2D eigenvalue weighted by molar-refractivity contribution is -0.130. The van der Waals surface area contributed by atoms with Crippen LogP contribution in [0.2, 0.25) is 0 Å². The number of para-hydroxylation sites is 1. The highest BCUT2D eigenvalue weighted by atomic mass is 16.5. The van der Waals surface area contributed by atoms with Crippen molar-refractivity contribution in [3.8, 4) is 5.75 Å². The molecular formula is C18H26N2O2. The van der Waals surface area contributed by atoms with Gasteiger partial charge in [0, 0.05) is 30.7 Å². The number of rotatable bonds is 4. The maximum atomic E-state index is 12.7. The predicted octanol–water partition coefficient (Wildman–Crippen LogP) is 2.37. The molecule has 2 atom stereocenters. The number of carbonyl (C=O) groups excluding carboxylic acids is 1. The molecule has 2 bridgehead atoms. The minimum atomic E-state index is 0.120. The first-order chi connectivity index (χ1) is 10.6. The molecule has 3 rings (SSSR count). The van der Waals surface area contributed by atoms with Crippen molar-refractivity contribution in [2.75, 3.05) is 13.1 Å². The number of hydrogen-bond donors (Lipinski definition) is 1. The van der Waals surface area contributed by atoms with Gasteiger partial charge < -0.3 is 15.0 Å². The lowest BCUT2D eigenvalue weighted by atomic mass is 10.1. The fraction of sp³-hybridized carbons (Fsp3) is 0.611. The van der Waals surface area contributed by atoms with Crippen molar-refractivity contribution in [3.05, 3.63) is 29.8 Å². The van der Waals surface area contributed by atoms with Crippen LogP contribution in [-0.4, -0.2) is 42.1 Å². The van der Waals surface area contributed by atoms with Gasteiger partial charge in [-0.3, -0.25) is 4.79 Å².